The number of rotatable bonds is 6. The number of nitrogens with one attached hydrogen (secondary N) is 3. The molecule has 37 heavy (non-hydrogen) atoms. The van der Waals surface area contributed by atoms with E-state index < -0.39 is 5.41 Å². The number of amides is 1. The number of ether oxygens (including phenoxy) is 2. The molecule has 3 heterocycles. The minimum absolute atomic E-state index is 0.0543. The first kappa shape index (κ1) is 21.7. The highest BCUT2D eigenvalue weighted by molar-refractivity contribution is 6.10. The SMILES string of the molecule is CCOc1cc2ccccc2nc1Nc1n[nH]c2cc([C@@H]3C[C@@]34C(=O)Nc3ccc(OC)cc34)ccc12. The molecule has 1 fully saturated rings. The molecule has 2 aromatic heterocycles. The molecule has 3 N–H and O–H groups in total. The van der Waals surface area contributed by atoms with Gasteiger partial charge in [0, 0.05) is 22.4 Å². The van der Waals surface area contributed by atoms with Crippen molar-refractivity contribution in [3.05, 3.63) is 77.9 Å². The molecular formula is C29H25N5O3. The molecule has 2 atom stereocenters. The van der Waals surface area contributed by atoms with Crippen molar-refractivity contribution >= 4 is 45.0 Å². The Morgan fingerprint density at radius 3 is 2.84 bits per heavy atom. The summed E-state index contributed by atoms with van der Waals surface area (Å²) in [5, 5.41) is 16.0. The third-order valence-electron chi connectivity index (χ3n) is 7.54. The first-order valence-electron chi connectivity index (χ1n) is 12.4. The maximum Gasteiger partial charge on any atom is 0.235 e. The normalized spacial score (nSPS) is 19.7. The first-order valence-corrected chi connectivity index (χ1v) is 12.4. The summed E-state index contributed by atoms with van der Waals surface area (Å²) in [6.45, 7) is 2.49. The van der Waals surface area contributed by atoms with Crippen LogP contribution in [0.5, 0.6) is 11.5 Å². The predicted molar refractivity (Wildman–Crippen MR) is 143 cm³/mol. The number of nitrogens with zero attached hydrogens (tertiary/aromatic N) is 2. The molecule has 8 nitrogen and oxygen atoms in total. The lowest BCUT2D eigenvalue weighted by molar-refractivity contribution is -0.118. The monoisotopic (exact) mass is 491 g/mol. The van der Waals surface area contributed by atoms with E-state index in [4.69, 9.17) is 14.5 Å². The van der Waals surface area contributed by atoms with Crippen LogP contribution in [0.1, 0.15) is 30.4 Å². The molecule has 2 aliphatic rings. The number of carbonyl (C=O) groups excluding carboxylic acids is 1. The van der Waals surface area contributed by atoms with Gasteiger partial charge in [-0.25, -0.2) is 4.98 Å². The second kappa shape index (κ2) is 7.96. The number of aromatic nitrogens is 3. The summed E-state index contributed by atoms with van der Waals surface area (Å²) in [6.07, 6.45) is 0.766. The quantitative estimate of drug-likeness (QED) is 0.284. The smallest absolute Gasteiger partial charge is 0.235 e. The van der Waals surface area contributed by atoms with E-state index in [-0.39, 0.29) is 11.8 Å². The summed E-state index contributed by atoms with van der Waals surface area (Å²) < 4.78 is 11.3. The van der Waals surface area contributed by atoms with Crippen LogP contribution < -0.4 is 20.1 Å². The highest BCUT2D eigenvalue weighted by atomic mass is 16.5. The minimum atomic E-state index is -0.542. The summed E-state index contributed by atoms with van der Waals surface area (Å²) >= 11 is 0. The highest BCUT2D eigenvalue weighted by Gasteiger charge is 2.65. The average Bonchev–Trinajstić information content (AvgIpc) is 3.47. The second-order valence-corrected chi connectivity index (χ2v) is 9.56. The molecule has 5 aromatic rings. The fourth-order valence-electron chi connectivity index (χ4n) is 5.61. The molecule has 8 heteroatoms. The fraction of sp³-hybridized carbons (Fsp3) is 0.207. The van der Waals surface area contributed by atoms with Gasteiger partial charge in [0.1, 0.15) is 5.75 Å². The van der Waals surface area contributed by atoms with E-state index in [1.807, 2.05) is 61.5 Å². The Bertz CT molecular complexity index is 1710. The molecule has 0 bridgehead atoms. The number of benzene rings is 3. The molecular weight excluding hydrogens is 466 g/mol. The van der Waals surface area contributed by atoms with E-state index in [1.165, 1.54) is 0 Å². The van der Waals surface area contributed by atoms with Gasteiger partial charge in [-0.2, -0.15) is 5.10 Å². The van der Waals surface area contributed by atoms with Gasteiger partial charge in [0.25, 0.3) is 0 Å². The molecule has 7 rings (SSSR count). The number of H-pyrrole nitrogens is 1. The largest absolute Gasteiger partial charge is 0.497 e. The third kappa shape index (κ3) is 3.25. The molecule has 184 valence electrons. The fourth-order valence-corrected chi connectivity index (χ4v) is 5.61. The number of carbonyl (C=O) groups is 1. The van der Waals surface area contributed by atoms with Crippen LogP contribution in [0.15, 0.2) is 66.7 Å². The third-order valence-corrected chi connectivity index (χ3v) is 7.54. The molecule has 1 spiro atoms. The minimum Gasteiger partial charge on any atom is -0.497 e. The van der Waals surface area contributed by atoms with Crippen molar-refractivity contribution in [3.8, 4) is 11.5 Å². The van der Waals surface area contributed by atoms with E-state index in [9.17, 15) is 4.79 Å². The molecule has 1 aliphatic carbocycles. The number of fused-ring (bicyclic) bond motifs is 4. The van der Waals surface area contributed by atoms with Gasteiger partial charge in [0.2, 0.25) is 5.91 Å². The lowest BCUT2D eigenvalue weighted by Gasteiger charge is -2.12. The number of anilines is 3. The van der Waals surface area contributed by atoms with Gasteiger partial charge < -0.3 is 20.1 Å². The second-order valence-electron chi connectivity index (χ2n) is 9.56. The molecule has 1 aliphatic heterocycles. The summed E-state index contributed by atoms with van der Waals surface area (Å²) in [4.78, 5) is 17.8. The van der Waals surface area contributed by atoms with Crippen molar-refractivity contribution in [2.45, 2.75) is 24.7 Å². The van der Waals surface area contributed by atoms with Crippen LogP contribution in [-0.2, 0) is 10.2 Å². The van der Waals surface area contributed by atoms with Crippen LogP contribution in [0.25, 0.3) is 21.8 Å². The Morgan fingerprint density at radius 2 is 1.97 bits per heavy atom. The summed E-state index contributed by atoms with van der Waals surface area (Å²) in [5.41, 5.74) is 4.22. The average molecular weight is 492 g/mol. The van der Waals surface area contributed by atoms with Crippen molar-refractivity contribution in [3.63, 3.8) is 0 Å². The van der Waals surface area contributed by atoms with E-state index in [0.29, 0.717) is 24.0 Å². The molecule has 0 unspecified atom stereocenters. The number of aromatic amines is 1. The lowest BCUT2D eigenvalue weighted by Crippen LogP contribution is -2.21. The van der Waals surface area contributed by atoms with Gasteiger partial charge in [0.05, 0.1) is 30.2 Å². The van der Waals surface area contributed by atoms with Gasteiger partial charge in [-0.05, 0) is 66.9 Å². The number of methoxy groups -OCH3 is 1. The Kier molecular flexibility index (Phi) is 4.66. The molecule has 0 saturated heterocycles. The molecule has 3 aromatic carbocycles. The standard InChI is InChI=1S/C29H25N5O3/c1-3-37-25-13-17-6-4-5-7-22(17)30-27(25)32-26-19-10-8-16(12-24(19)33-34-26)21-15-29(21)20-14-18(36-2)9-11-23(20)31-28(29)35/h4-14,21H,3,15H2,1-2H3,(H,31,35)(H2,30,32,33,34)/t21-,29-/m0/s1. The zero-order chi connectivity index (χ0) is 25.1. The van der Waals surface area contributed by atoms with Crippen LogP contribution in [0, 0.1) is 0 Å². The zero-order valence-corrected chi connectivity index (χ0v) is 20.5. The van der Waals surface area contributed by atoms with Crippen LogP contribution >= 0.6 is 0 Å². The van der Waals surface area contributed by atoms with E-state index in [0.717, 1.165) is 50.8 Å². The Balaban J connectivity index is 1.22. The van der Waals surface area contributed by atoms with Crippen molar-refractivity contribution in [2.24, 2.45) is 0 Å². The van der Waals surface area contributed by atoms with Crippen molar-refractivity contribution in [1.29, 1.82) is 0 Å². The zero-order valence-electron chi connectivity index (χ0n) is 20.5. The molecule has 1 saturated carbocycles. The maximum absolute atomic E-state index is 13.0. The van der Waals surface area contributed by atoms with Gasteiger partial charge in [-0.3, -0.25) is 9.89 Å². The van der Waals surface area contributed by atoms with Crippen LogP contribution in [0.2, 0.25) is 0 Å². The highest BCUT2D eigenvalue weighted by Crippen LogP contribution is 2.65. The van der Waals surface area contributed by atoms with E-state index in [1.54, 1.807) is 7.11 Å². The number of pyridine rings is 1. The topological polar surface area (TPSA) is 101 Å². The number of hydrogen-bond donors (Lipinski definition) is 3. The molecule has 1 amide bonds. The van der Waals surface area contributed by atoms with Crippen molar-refractivity contribution in [1.82, 2.24) is 15.2 Å². The van der Waals surface area contributed by atoms with E-state index >= 15 is 0 Å². The van der Waals surface area contributed by atoms with Crippen LogP contribution in [0.4, 0.5) is 17.3 Å². The van der Waals surface area contributed by atoms with Gasteiger partial charge in [0.15, 0.2) is 17.4 Å². The van der Waals surface area contributed by atoms with Gasteiger partial charge in [-0.1, -0.05) is 24.3 Å². The summed E-state index contributed by atoms with van der Waals surface area (Å²) in [6, 6.07) is 21.9. The predicted octanol–water partition coefficient (Wildman–Crippen LogP) is 5.64. The van der Waals surface area contributed by atoms with E-state index in [2.05, 4.69) is 33.0 Å². The number of hydrogen-bond acceptors (Lipinski definition) is 6. The van der Waals surface area contributed by atoms with Gasteiger partial charge in [-0.15, -0.1) is 0 Å². The molecule has 0 radical (unpaired) electrons. The Labute approximate surface area is 213 Å². The summed E-state index contributed by atoms with van der Waals surface area (Å²) in [7, 11) is 1.64. The summed E-state index contributed by atoms with van der Waals surface area (Å²) in [5.74, 6) is 2.87. The Morgan fingerprint density at radius 1 is 1.08 bits per heavy atom. The first-order chi connectivity index (χ1) is 18.1. The van der Waals surface area contributed by atoms with Gasteiger partial charge >= 0.3 is 0 Å². The Hall–Kier alpha value is -4.59. The lowest BCUT2D eigenvalue weighted by atomic mass is 9.91. The maximum atomic E-state index is 13.0. The van der Waals surface area contributed by atoms with Crippen LogP contribution in [0.3, 0.4) is 0 Å². The van der Waals surface area contributed by atoms with Crippen LogP contribution in [-0.4, -0.2) is 34.8 Å². The van der Waals surface area contributed by atoms with Crippen molar-refractivity contribution in [2.75, 3.05) is 24.4 Å². The van der Waals surface area contributed by atoms with Crippen molar-refractivity contribution < 1.29 is 14.3 Å². The number of para-hydroxylation sites is 1.